The molecule has 2 aliphatic heterocycles. The van der Waals surface area contributed by atoms with Crippen LogP contribution in [0.15, 0.2) is 24.3 Å². The van der Waals surface area contributed by atoms with Gasteiger partial charge < -0.3 is 9.80 Å². The average Bonchev–Trinajstić information content (AvgIpc) is 2.92. The summed E-state index contributed by atoms with van der Waals surface area (Å²) in [4.78, 5) is 23.4. The maximum Gasteiger partial charge on any atom is 0.265 e. The van der Waals surface area contributed by atoms with E-state index in [1.54, 1.807) is 0 Å². The van der Waals surface area contributed by atoms with Crippen molar-refractivity contribution in [2.45, 2.75) is 58.4 Å². The first-order valence-electron chi connectivity index (χ1n) is 10.7. The Morgan fingerprint density at radius 2 is 1.61 bits per heavy atom. The van der Waals surface area contributed by atoms with Gasteiger partial charge in [-0.3, -0.25) is 4.79 Å². The van der Waals surface area contributed by atoms with Crippen LogP contribution in [0, 0.1) is 13.8 Å². The minimum atomic E-state index is 0.169. The normalized spacial score (nSPS) is 19.6. The first-order chi connectivity index (χ1) is 13.6. The maximum absolute atomic E-state index is 13.1. The maximum atomic E-state index is 13.1. The summed E-state index contributed by atoms with van der Waals surface area (Å²) in [6, 6.07) is 9.04. The second-order valence-corrected chi connectivity index (χ2v) is 9.27. The van der Waals surface area contributed by atoms with Gasteiger partial charge in [-0.15, -0.1) is 11.3 Å². The van der Waals surface area contributed by atoms with E-state index >= 15 is 0 Å². The van der Waals surface area contributed by atoms with Gasteiger partial charge in [-0.05, 0) is 52.6 Å². The van der Waals surface area contributed by atoms with Crippen LogP contribution < -0.4 is 0 Å². The number of thiazole rings is 1. The summed E-state index contributed by atoms with van der Waals surface area (Å²) in [5.41, 5.74) is 3.19. The number of hydrogen-bond donors (Lipinski definition) is 0. The van der Waals surface area contributed by atoms with Gasteiger partial charge in [0.25, 0.3) is 5.91 Å². The summed E-state index contributed by atoms with van der Waals surface area (Å²) >= 11 is 1.54. The van der Waals surface area contributed by atoms with Crippen molar-refractivity contribution in [2.75, 3.05) is 26.2 Å². The molecule has 0 bridgehead atoms. The molecule has 4 nitrogen and oxygen atoms in total. The molecule has 0 unspecified atom stereocenters. The SMILES string of the molecule is Cc1ccc(-c2nc(C)c(C(=O)N3CCC(N4CCCCCC4)CC3)s2)cc1. The van der Waals surface area contributed by atoms with Crippen molar-refractivity contribution >= 4 is 17.2 Å². The van der Waals surface area contributed by atoms with Crippen molar-refractivity contribution in [1.29, 1.82) is 0 Å². The van der Waals surface area contributed by atoms with Crippen molar-refractivity contribution in [3.8, 4) is 10.6 Å². The molecule has 2 saturated heterocycles. The van der Waals surface area contributed by atoms with Gasteiger partial charge in [0.05, 0.1) is 5.69 Å². The summed E-state index contributed by atoms with van der Waals surface area (Å²) < 4.78 is 0. The van der Waals surface area contributed by atoms with Gasteiger partial charge >= 0.3 is 0 Å². The lowest BCUT2D eigenvalue weighted by Crippen LogP contribution is -2.47. The molecular formula is C23H31N3OS. The van der Waals surface area contributed by atoms with Crippen molar-refractivity contribution in [3.63, 3.8) is 0 Å². The molecule has 0 N–H and O–H groups in total. The van der Waals surface area contributed by atoms with Gasteiger partial charge in [0.2, 0.25) is 0 Å². The molecule has 2 aliphatic rings. The number of carbonyl (C=O) groups is 1. The van der Waals surface area contributed by atoms with Crippen LogP contribution in [0.5, 0.6) is 0 Å². The standard InChI is InChI=1S/C23H31N3OS/c1-17-7-9-19(10-8-17)22-24-18(2)21(28-22)23(27)26-15-11-20(12-16-26)25-13-5-3-4-6-14-25/h7-10,20H,3-6,11-16H2,1-2H3. The van der Waals surface area contributed by atoms with Gasteiger partial charge in [0.15, 0.2) is 0 Å². The first-order valence-corrected chi connectivity index (χ1v) is 11.5. The van der Waals surface area contributed by atoms with Crippen LogP contribution in [-0.4, -0.2) is 52.9 Å². The Bertz CT molecular complexity index is 798. The number of amides is 1. The van der Waals surface area contributed by atoms with Crippen LogP contribution in [0.2, 0.25) is 0 Å². The Hall–Kier alpha value is -1.72. The van der Waals surface area contributed by atoms with Gasteiger partial charge in [-0.1, -0.05) is 42.7 Å². The van der Waals surface area contributed by atoms with Gasteiger partial charge in [-0.2, -0.15) is 0 Å². The van der Waals surface area contributed by atoms with Gasteiger partial charge in [-0.25, -0.2) is 4.98 Å². The van der Waals surface area contributed by atoms with Gasteiger partial charge in [0.1, 0.15) is 9.88 Å². The molecular weight excluding hydrogens is 366 g/mol. The topological polar surface area (TPSA) is 36.4 Å². The number of likely N-dealkylation sites (tertiary alicyclic amines) is 2. The van der Waals surface area contributed by atoms with Gasteiger partial charge in [0, 0.05) is 24.7 Å². The predicted octanol–water partition coefficient (Wildman–Crippen LogP) is 4.91. The first kappa shape index (κ1) is 19.6. The smallest absolute Gasteiger partial charge is 0.265 e. The highest BCUT2D eigenvalue weighted by Crippen LogP contribution is 2.30. The zero-order chi connectivity index (χ0) is 19.5. The number of piperidine rings is 1. The number of carbonyl (C=O) groups excluding carboxylic acids is 1. The highest BCUT2D eigenvalue weighted by atomic mass is 32.1. The van der Waals surface area contributed by atoms with Crippen LogP contribution in [0.25, 0.3) is 10.6 Å². The average molecular weight is 398 g/mol. The van der Waals surface area contributed by atoms with Crippen molar-refractivity contribution in [1.82, 2.24) is 14.8 Å². The second-order valence-electron chi connectivity index (χ2n) is 8.27. The van der Waals surface area contributed by atoms with Crippen LogP contribution in [-0.2, 0) is 0 Å². The van der Waals surface area contributed by atoms with Crippen LogP contribution >= 0.6 is 11.3 Å². The largest absolute Gasteiger partial charge is 0.338 e. The third-order valence-electron chi connectivity index (χ3n) is 6.20. The molecule has 1 aromatic heterocycles. The molecule has 2 aromatic rings. The summed E-state index contributed by atoms with van der Waals surface area (Å²) in [6.07, 6.45) is 7.63. The van der Waals surface area contributed by atoms with Crippen molar-refractivity contribution < 1.29 is 4.79 Å². The molecule has 5 heteroatoms. The van der Waals surface area contributed by atoms with E-state index in [1.165, 1.54) is 55.7 Å². The molecule has 0 aliphatic carbocycles. The van der Waals surface area contributed by atoms with E-state index < -0.39 is 0 Å². The molecule has 0 radical (unpaired) electrons. The number of benzene rings is 1. The van der Waals surface area contributed by atoms with E-state index in [4.69, 9.17) is 0 Å². The molecule has 2 fully saturated rings. The lowest BCUT2D eigenvalue weighted by atomic mass is 10.0. The fourth-order valence-electron chi connectivity index (χ4n) is 4.45. The molecule has 1 amide bonds. The van der Waals surface area contributed by atoms with E-state index in [9.17, 15) is 4.79 Å². The van der Waals surface area contributed by atoms with E-state index in [0.29, 0.717) is 6.04 Å². The molecule has 0 spiro atoms. The fourth-order valence-corrected chi connectivity index (χ4v) is 5.49. The Morgan fingerprint density at radius 1 is 0.964 bits per heavy atom. The zero-order valence-electron chi connectivity index (χ0n) is 17.1. The Kier molecular flexibility index (Phi) is 6.12. The van der Waals surface area contributed by atoms with Crippen molar-refractivity contribution in [3.05, 3.63) is 40.4 Å². The molecule has 1 aromatic carbocycles. The lowest BCUT2D eigenvalue weighted by molar-refractivity contribution is 0.0626. The molecule has 4 rings (SSSR count). The number of hydrogen-bond acceptors (Lipinski definition) is 4. The number of rotatable bonds is 3. The molecule has 0 atom stereocenters. The quantitative estimate of drug-likeness (QED) is 0.738. The zero-order valence-corrected chi connectivity index (χ0v) is 17.9. The third-order valence-corrected chi connectivity index (χ3v) is 7.39. The van der Waals surface area contributed by atoms with Crippen LogP contribution in [0.3, 0.4) is 0 Å². The monoisotopic (exact) mass is 397 g/mol. The van der Waals surface area contributed by atoms with E-state index in [-0.39, 0.29) is 5.91 Å². The number of nitrogens with zero attached hydrogens (tertiary/aromatic N) is 3. The minimum absolute atomic E-state index is 0.169. The molecule has 3 heterocycles. The highest BCUT2D eigenvalue weighted by molar-refractivity contribution is 7.17. The molecule has 28 heavy (non-hydrogen) atoms. The molecule has 150 valence electrons. The Balaban J connectivity index is 1.40. The summed E-state index contributed by atoms with van der Waals surface area (Å²) in [5.74, 6) is 0.169. The third kappa shape index (κ3) is 4.31. The van der Waals surface area contributed by atoms with Crippen LogP contribution in [0.1, 0.15) is 59.5 Å². The fraction of sp³-hybridized carbons (Fsp3) is 0.565. The second kappa shape index (κ2) is 8.75. The summed E-state index contributed by atoms with van der Waals surface area (Å²) in [7, 11) is 0. The summed E-state index contributed by atoms with van der Waals surface area (Å²) in [6.45, 7) is 8.28. The van der Waals surface area contributed by atoms with Crippen molar-refractivity contribution in [2.24, 2.45) is 0 Å². The Morgan fingerprint density at radius 3 is 2.25 bits per heavy atom. The minimum Gasteiger partial charge on any atom is -0.338 e. The van der Waals surface area contributed by atoms with E-state index in [2.05, 4.69) is 41.1 Å². The predicted molar refractivity (Wildman–Crippen MR) is 116 cm³/mol. The lowest BCUT2D eigenvalue weighted by Gasteiger charge is -2.38. The number of aromatic nitrogens is 1. The molecule has 0 saturated carbocycles. The highest BCUT2D eigenvalue weighted by Gasteiger charge is 2.29. The Labute approximate surface area is 172 Å². The number of aryl methyl sites for hydroxylation is 2. The van der Waals surface area contributed by atoms with E-state index in [0.717, 1.165) is 47.1 Å². The van der Waals surface area contributed by atoms with Crippen LogP contribution in [0.4, 0.5) is 0 Å². The van der Waals surface area contributed by atoms with E-state index in [1.807, 2.05) is 11.8 Å². The summed E-state index contributed by atoms with van der Waals surface area (Å²) in [5, 5.41) is 0.945.